The third kappa shape index (κ3) is 7.95. The van der Waals surface area contributed by atoms with Crippen LogP contribution in [0.5, 0.6) is 5.75 Å². The summed E-state index contributed by atoms with van der Waals surface area (Å²) in [5, 5.41) is 9.50. The zero-order chi connectivity index (χ0) is 36.8. The number of rotatable bonds is 13. The summed E-state index contributed by atoms with van der Waals surface area (Å²) in [7, 11) is -3.73. The highest BCUT2D eigenvalue weighted by atomic mass is 35.5. The number of carbonyl (C=O) groups is 2. The number of nitrogens with zero attached hydrogens (tertiary/aromatic N) is 1. The van der Waals surface area contributed by atoms with Crippen molar-refractivity contribution >= 4 is 56.5 Å². The molecule has 6 rings (SSSR count). The van der Waals surface area contributed by atoms with E-state index in [1.54, 1.807) is 4.72 Å². The van der Waals surface area contributed by atoms with Crippen molar-refractivity contribution in [2.24, 2.45) is 0 Å². The van der Waals surface area contributed by atoms with Gasteiger partial charge in [0.15, 0.2) is 23.3 Å². The molecule has 8 nitrogen and oxygen atoms in total. The summed E-state index contributed by atoms with van der Waals surface area (Å²) in [5.74, 6) is -11.4. The van der Waals surface area contributed by atoms with Crippen molar-refractivity contribution in [3.63, 3.8) is 0 Å². The highest BCUT2D eigenvalue weighted by Crippen LogP contribution is 2.45. The van der Waals surface area contributed by atoms with Crippen LogP contribution in [0.2, 0.25) is 10.0 Å². The Morgan fingerprint density at radius 2 is 1.53 bits per heavy atom. The van der Waals surface area contributed by atoms with Gasteiger partial charge in [-0.3, -0.25) is 9.52 Å². The Hall–Kier alpha value is -4.33. The number of carbonyl (C=O) groups excluding carboxylic acids is 1. The maximum Gasteiger partial charge on any atom is 0.339 e. The summed E-state index contributed by atoms with van der Waals surface area (Å²) in [6.07, 6.45) is 3.36. The lowest BCUT2D eigenvalue weighted by Crippen LogP contribution is -2.37. The zero-order valence-electron chi connectivity index (χ0n) is 26.9. The van der Waals surface area contributed by atoms with E-state index in [0.29, 0.717) is 17.4 Å². The molecular formula is C36H30Cl2F4N2O6S. The zero-order valence-corrected chi connectivity index (χ0v) is 29.2. The molecule has 268 valence electrons. The first-order valence-corrected chi connectivity index (χ1v) is 18.2. The van der Waals surface area contributed by atoms with Crippen LogP contribution in [0.3, 0.4) is 0 Å². The lowest BCUT2D eigenvalue weighted by molar-refractivity contribution is -0.116. The second-order valence-corrected chi connectivity index (χ2v) is 15.1. The lowest BCUT2D eigenvalue weighted by atomic mass is 9.99. The number of carboxylic acid groups (broad SMARTS) is 1. The lowest BCUT2D eigenvalue weighted by Gasteiger charge is -2.25. The van der Waals surface area contributed by atoms with Gasteiger partial charge in [-0.15, -0.1) is 0 Å². The third-order valence-electron chi connectivity index (χ3n) is 8.84. The van der Waals surface area contributed by atoms with E-state index in [9.17, 15) is 31.9 Å². The van der Waals surface area contributed by atoms with Gasteiger partial charge >= 0.3 is 5.97 Å². The largest absolute Gasteiger partial charge is 0.496 e. The minimum atomic E-state index is -4.96. The summed E-state index contributed by atoms with van der Waals surface area (Å²) < 4.78 is 93.4. The Kier molecular flexibility index (Phi) is 10.3. The predicted molar refractivity (Wildman–Crippen MR) is 184 cm³/mol. The number of carboxylic acids is 1. The van der Waals surface area contributed by atoms with E-state index in [1.807, 2.05) is 12.1 Å². The number of nitrogens with one attached hydrogen (secondary N) is 1. The molecule has 4 aromatic carbocycles. The number of benzene rings is 4. The second-order valence-electron chi connectivity index (χ2n) is 12.6. The van der Waals surface area contributed by atoms with Crippen molar-refractivity contribution in [1.82, 2.24) is 0 Å². The normalized spacial score (nSPS) is 14.3. The summed E-state index contributed by atoms with van der Waals surface area (Å²) in [4.78, 5) is 26.9. The first-order chi connectivity index (χ1) is 24.2. The van der Waals surface area contributed by atoms with Gasteiger partial charge in [0.2, 0.25) is 15.9 Å². The molecule has 0 aliphatic heterocycles. The van der Waals surface area contributed by atoms with E-state index in [0.717, 1.165) is 41.7 Å². The SMILES string of the molecule is COc1cc(N(Cc2cc(C3CC3)cc(C3CC3)c2)C(=O)CS(=O)(=O)Nc2c(F)c(F)c(F)c(F)c2Cc2cccc(Cl)c2Cl)ccc1C(=O)O. The Labute approximate surface area is 301 Å². The van der Waals surface area contributed by atoms with E-state index in [2.05, 4.69) is 6.07 Å². The monoisotopic (exact) mass is 764 g/mol. The predicted octanol–water partition coefficient (Wildman–Crippen LogP) is 8.58. The molecule has 51 heavy (non-hydrogen) atoms. The molecule has 0 aromatic heterocycles. The van der Waals surface area contributed by atoms with Crippen LogP contribution < -0.4 is 14.4 Å². The highest BCUT2D eigenvalue weighted by Gasteiger charge is 2.33. The molecule has 2 fully saturated rings. The minimum Gasteiger partial charge on any atom is -0.496 e. The van der Waals surface area contributed by atoms with Crippen LogP contribution in [0.4, 0.5) is 28.9 Å². The van der Waals surface area contributed by atoms with Crippen LogP contribution in [0, 0.1) is 23.3 Å². The molecule has 2 saturated carbocycles. The van der Waals surface area contributed by atoms with Crippen LogP contribution >= 0.6 is 23.2 Å². The van der Waals surface area contributed by atoms with Crippen molar-refractivity contribution in [3.8, 4) is 5.75 Å². The Morgan fingerprint density at radius 1 is 0.902 bits per heavy atom. The molecule has 0 spiro atoms. The number of ether oxygens (including phenoxy) is 1. The molecule has 0 unspecified atom stereocenters. The Morgan fingerprint density at radius 3 is 2.12 bits per heavy atom. The van der Waals surface area contributed by atoms with E-state index in [1.165, 1.54) is 43.5 Å². The highest BCUT2D eigenvalue weighted by molar-refractivity contribution is 7.93. The summed E-state index contributed by atoms with van der Waals surface area (Å²) >= 11 is 12.2. The van der Waals surface area contributed by atoms with Crippen molar-refractivity contribution in [2.75, 3.05) is 22.5 Å². The first-order valence-electron chi connectivity index (χ1n) is 15.8. The van der Waals surface area contributed by atoms with Crippen molar-refractivity contribution in [1.29, 1.82) is 0 Å². The van der Waals surface area contributed by atoms with Crippen molar-refractivity contribution in [3.05, 3.63) is 121 Å². The number of aromatic carboxylic acids is 1. The van der Waals surface area contributed by atoms with Gasteiger partial charge in [0.1, 0.15) is 17.1 Å². The van der Waals surface area contributed by atoms with Gasteiger partial charge in [0, 0.05) is 23.7 Å². The molecule has 0 bridgehead atoms. The Balaban J connectivity index is 1.36. The number of hydrogen-bond acceptors (Lipinski definition) is 5. The molecule has 2 aliphatic carbocycles. The smallest absolute Gasteiger partial charge is 0.339 e. The fourth-order valence-electron chi connectivity index (χ4n) is 5.93. The van der Waals surface area contributed by atoms with Crippen molar-refractivity contribution in [2.45, 2.75) is 50.5 Å². The van der Waals surface area contributed by atoms with E-state index in [-0.39, 0.29) is 39.2 Å². The second kappa shape index (κ2) is 14.4. The Bertz CT molecular complexity index is 2150. The molecule has 15 heteroatoms. The van der Waals surface area contributed by atoms with E-state index in [4.69, 9.17) is 27.9 Å². The molecule has 2 aliphatic rings. The number of anilines is 2. The summed E-state index contributed by atoms with van der Waals surface area (Å²) in [6.45, 7) is -0.142. The van der Waals surface area contributed by atoms with Crippen LogP contribution in [-0.2, 0) is 27.8 Å². The molecule has 1 amide bonds. The van der Waals surface area contributed by atoms with Gasteiger partial charge in [-0.25, -0.2) is 30.8 Å². The van der Waals surface area contributed by atoms with Gasteiger partial charge in [0.05, 0.1) is 29.4 Å². The topological polar surface area (TPSA) is 113 Å². The van der Waals surface area contributed by atoms with E-state index >= 15 is 8.78 Å². The molecule has 0 radical (unpaired) electrons. The molecule has 0 saturated heterocycles. The molecule has 4 aromatic rings. The van der Waals surface area contributed by atoms with Gasteiger partial charge < -0.3 is 14.7 Å². The fourth-order valence-corrected chi connectivity index (χ4v) is 7.39. The first kappa shape index (κ1) is 36.5. The van der Waals surface area contributed by atoms with Crippen molar-refractivity contribution < 1.29 is 45.4 Å². The van der Waals surface area contributed by atoms with Gasteiger partial charge in [-0.2, -0.15) is 0 Å². The maximum absolute atomic E-state index is 15.2. The summed E-state index contributed by atoms with van der Waals surface area (Å²) in [6, 6.07) is 14.0. The van der Waals surface area contributed by atoms with Crippen LogP contribution in [0.25, 0.3) is 0 Å². The number of methoxy groups -OCH3 is 1. The van der Waals surface area contributed by atoms with Crippen LogP contribution in [0.15, 0.2) is 54.6 Å². The molecular weight excluding hydrogens is 735 g/mol. The number of sulfonamides is 1. The third-order valence-corrected chi connectivity index (χ3v) is 10.8. The minimum absolute atomic E-state index is 0.0189. The standard InChI is InChI=1S/C36H30Cl2F4N2O6S/c1-50-28-15-24(9-10-25(28)36(46)47)44(16-18-11-22(19-5-6-19)13-23(12-18)20-7-8-20)29(45)17-51(48,49)43-35-26(31(39)32(40)33(41)34(35)42)14-21-3-2-4-27(37)30(21)38/h2-4,9-13,15,19-20,43H,5-8,14,16-17H2,1H3,(H,46,47). The average Bonchev–Trinajstić information content (AvgIpc) is 4.01. The fraction of sp³-hybridized carbons (Fsp3) is 0.278. The quantitative estimate of drug-likeness (QED) is 0.0802. The van der Waals surface area contributed by atoms with Gasteiger partial charge in [-0.1, -0.05) is 53.5 Å². The number of hydrogen-bond donors (Lipinski definition) is 2. The summed E-state index contributed by atoms with van der Waals surface area (Å²) in [5.41, 5.74) is 0.643. The van der Waals surface area contributed by atoms with Crippen LogP contribution in [-0.4, -0.2) is 38.3 Å². The van der Waals surface area contributed by atoms with Gasteiger partial charge in [0.25, 0.3) is 0 Å². The van der Waals surface area contributed by atoms with E-state index < -0.39 is 68.6 Å². The number of amides is 1. The maximum atomic E-state index is 15.2. The average molecular weight is 766 g/mol. The van der Waals surface area contributed by atoms with Gasteiger partial charge in [-0.05, 0) is 78.0 Å². The van der Waals surface area contributed by atoms with Crippen LogP contribution in [0.1, 0.15) is 75.7 Å². The molecule has 0 atom stereocenters. The molecule has 2 N–H and O–H groups in total. The number of halogens is 6. The molecule has 0 heterocycles.